The first kappa shape index (κ1) is 12.1. The minimum absolute atomic E-state index is 0.0494. The van der Waals surface area contributed by atoms with E-state index >= 15 is 0 Å². The number of hydrogen-bond acceptors (Lipinski definition) is 2. The molecule has 2 aliphatic rings. The molecule has 21 heavy (non-hydrogen) atoms. The molecule has 0 radical (unpaired) electrons. The van der Waals surface area contributed by atoms with Crippen LogP contribution in [0.25, 0.3) is 0 Å². The average molecular weight is 278 g/mol. The van der Waals surface area contributed by atoms with E-state index in [-0.39, 0.29) is 11.8 Å². The average Bonchev–Trinajstić information content (AvgIpc) is 2.97. The number of carbonyl (C=O) groups is 2. The second-order valence-electron chi connectivity index (χ2n) is 5.40. The minimum atomic E-state index is 0.0494. The summed E-state index contributed by atoms with van der Waals surface area (Å²) in [5.41, 5.74) is 3.89. The van der Waals surface area contributed by atoms with Crippen molar-refractivity contribution in [2.24, 2.45) is 0 Å². The van der Waals surface area contributed by atoms with Crippen LogP contribution in [-0.4, -0.2) is 18.5 Å². The maximum absolute atomic E-state index is 12.2. The molecular weight excluding hydrogens is 264 g/mol. The van der Waals surface area contributed by atoms with Gasteiger partial charge in [-0.05, 0) is 23.3 Å². The van der Waals surface area contributed by atoms with Crippen LogP contribution in [-0.2, 0) is 22.4 Å². The number of rotatable bonds is 2. The number of para-hydroxylation sites is 2. The molecule has 0 unspecified atom stereocenters. The predicted molar refractivity (Wildman–Crippen MR) is 80.1 cm³/mol. The second kappa shape index (κ2) is 4.45. The molecule has 2 aromatic carbocycles. The van der Waals surface area contributed by atoms with E-state index in [9.17, 15) is 9.59 Å². The summed E-state index contributed by atoms with van der Waals surface area (Å²) in [4.78, 5) is 27.9. The number of nitrogens with zero attached hydrogens (tertiary/aromatic N) is 2. The first-order valence-electron chi connectivity index (χ1n) is 7.00. The van der Waals surface area contributed by atoms with Crippen molar-refractivity contribution >= 4 is 23.2 Å². The maximum Gasteiger partial charge on any atom is 0.232 e. The Kier molecular flexibility index (Phi) is 2.57. The van der Waals surface area contributed by atoms with E-state index in [2.05, 4.69) is 0 Å². The quantitative estimate of drug-likeness (QED) is 0.844. The molecule has 0 saturated heterocycles. The van der Waals surface area contributed by atoms with E-state index in [1.54, 1.807) is 9.80 Å². The van der Waals surface area contributed by atoms with Gasteiger partial charge < -0.3 is 0 Å². The fourth-order valence-corrected chi connectivity index (χ4v) is 3.08. The van der Waals surface area contributed by atoms with Crippen LogP contribution in [0.1, 0.15) is 11.1 Å². The fraction of sp³-hybridized carbons (Fsp3) is 0.176. The zero-order valence-corrected chi connectivity index (χ0v) is 11.5. The number of anilines is 2. The largest absolute Gasteiger partial charge is 0.293 e. The lowest BCUT2D eigenvalue weighted by atomic mass is 10.2. The van der Waals surface area contributed by atoms with Crippen LogP contribution < -0.4 is 9.80 Å². The molecule has 0 aromatic heterocycles. The molecule has 4 rings (SSSR count). The summed E-state index contributed by atoms with van der Waals surface area (Å²) in [5, 5.41) is 0. The molecule has 0 bridgehead atoms. The van der Waals surface area contributed by atoms with Gasteiger partial charge >= 0.3 is 0 Å². The maximum atomic E-state index is 12.2. The molecule has 104 valence electrons. The van der Waals surface area contributed by atoms with Gasteiger partial charge in [0.15, 0.2) is 0 Å². The highest BCUT2D eigenvalue weighted by Gasteiger charge is 2.33. The Bertz CT molecular complexity index is 690. The van der Waals surface area contributed by atoms with Crippen molar-refractivity contribution in [2.45, 2.75) is 12.8 Å². The standard InChI is InChI=1S/C17H14N2O2/c20-16-9-12-5-1-3-7-14(12)18(16)11-19-15-8-4-2-6-13(15)10-17(19)21/h1-8H,9-11H2. The monoisotopic (exact) mass is 278 g/mol. The lowest BCUT2D eigenvalue weighted by molar-refractivity contribution is -0.118. The summed E-state index contributed by atoms with van der Waals surface area (Å²) in [5.74, 6) is 0.0989. The van der Waals surface area contributed by atoms with Gasteiger partial charge in [0, 0.05) is 11.4 Å². The highest BCUT2D eigenvalue weighted by molar-refractivity contribution is 6.06. The molecule has 0 N–H and O–H groups in total. The smallest absolute Gasteiger partial charge is 0.232 e. The van der Waals surface area contributed by atoms with Gasteiger partial charge in [-0.1, -0.05) is 36.4 Å². The predicted octanol–water partition coefficient (Wildman–Crippen LogP) is 2.12. The zero-order chi connectivity index (χ0) is 14.4. The molecular formula is C17H14N2O2. The molecule has 2 aromatic rings. The van der Waals surface area contributed by atoms with Crippen LogP contribution in [0.2, 0.25) is 0 Å². The molecule has 2 amide bonds. The molecule has 2 heterocycles. The number of amides is 2. The van der Waals surface area contributed by atoms with Crippen LogP contribution in [0.15, 0.2) is 48.5 Å². The van der Waals surface area contributed by atoms with Crippen LogP contribution in [0.3, 0.4) is 0 Å². The SMILES string of the molecule is O=C1Cc2ccccc2N1CN1C(=O)Cc2ccccc21. The molecule has 0 saturated carbocycles. The van der Waals surface area contributed by atoms with Gasteiger partial charge in [0.05, 0.1) is 12.8 Å². The third-order valence-corrected chi connectivity index (χ3v) is 4.13. The Morgan fingerprint density at radius 3 is 1.62 bits per heavy atom. The Morgan fingerprint density at radius 2 is 1.14 bits per heavy atom. The summed E-state index contributed by atoms with van der Waals surface area (Å²) < 4.78 is 0. The van der Waals surface area contributed by atoms with Gasteiger partial charge in [-0.2, -0.15) is 0 Å². The van der Waals surface area contributed by atoms with Crippen molar-refractivity contribution in [3.63, 3.8) is 0 Å². The van der Waals surface area contributed by atoms with E-state index in [0.29, 0.717) is 19.5 Å². The van der Waals surface area contributed by atoms with Crippen LogP contribution >= 0.6 is 0 Å². The Labute approximate surface area is 122 Å². The molecule has 0 fully saturated rings. The summed E-state index contributed by atoms with van der Waals surface area (Å²) in [6.45, 7) is 0.297. The Balaban J connectivity index is 1.68. The lowest BCUT2D eigenvalue weighted by Gasteiger charge is -2.25. The summed E-state index contributed by atoms with van der Waals surface area (Å²) in [7, 11) is 0. The van der Waals surface area contributed by atoms with Gasteiger partial charge in [-0.3, -0.25) is 19.4 Å². The summed E-state index contributed by atoms with van der Waals surface area (Å²) >= 11 is 0. The van der Waals surface area contributed by atoms with Crippen molar-refractivity contribution < 1.29 is 9.59 Å². The van der Waals surface area contributed by atoms with E-state index in [1.165, 1.54) is 0 Å². The van der Waals surface area contributed by atoms with Gasteiger partial charge in [0.1, 0.15) is 6.67 Å². The van der Waals surface area contributed by atoms with E-state index < -0.39 is 0 Å². The van der Waals surface area contributed by atoms with Crippen LogP contribution in [0.5, 0.6) is 0 Å². The van der Waals surface area contributed by atoms with E-state index in [1.807, 2.05) is 48.5 Å². The zero-order valence-electron chi connectivity index (χ0n) is 11.5. The van der Waals surface area contributed by atoms with Crippen molar-refractivity contribution in [1.29, 1.82) is 0 Å². The summed E-state index contributed by atoms with van der Waals surface area (Å²) in [6, 6.07) is 15.5. The van der Waals surface area contributed by atoms with Gasteiger partial charge in [-0.25, -0.2) is 0 Å². The highest BCUT2D eigenvalue weighted by Crippen LogP contribution is 2.33. The van der Waals surface area contributed by atoms with Crippen molar-refractivity contribution in [3.05, 3.63) is 59.7 Å². The third-order valence-electron chi connectivity index (χ3n) is 4.13. The van der Waals surface area contributed by atoms with E-state index in [0.717, 1.165) is 22.5 Å². The van der Waals surface area contributed by atoms with Crippen LogP contribution in [0, 0.1) is 0 Å². The molecule has 0 spiro atoms. The number of hydrogen-bond donors (Lipinski definition) is 0. The van der Waals surface area contributed by atoms with Crippen molar-refractivity contribution in [2.75, 3.05) is 16.5 Å². The molecule has 2 aliphatic heterocycles. The van der Waals surface area contributed by atoms with Gasteiger partial charge in [0.25, 0.3) is 0 Å². The molecule has 0 aliphatic carbocycles. The topological polar surface area (TPSA) is 40.6 Å². The second-order valence-corrected chi connectivity index (χ2v) is 5.40. The minimum Gasteiger partial charge on any atom is -0.293 e. The van der Waals surface area contributed by atoms with Gasteiger partial charge in [-0.15, -0.1) is 0 Å². The first-order chi connectivity index (χ1) is 10.2. The van der Waals surface area contributed by atoms with Crippen LogP contribution in [0.4, 0.5) is 11.4 Å². The number of benzene rings is 2. The Hall–Kier alpha value is -2.62. The molecule has 4 heteroatoms. The lowest BCUT2D eigenvalue weighted by Crippen LogP contribution is -2.41. The summed E-state index contributed by atoms with van der Waals surface area (Å²) in [6.07, 6.45) is 0.833. The number of fused-ring (bicyclic) bond motifs is 2. The van der Waals surface area contributed by atoms with Crippen molar-refractivity contribution in [3.8, 4) is 0 Å². The fourth-order valence-electron chi connectivity index (χ4n) is 3.08. The normalized spacial score (nSPS) is 16.4. The molecule has 0 atom stereocenters. The molecule has 4 nitrogen and oxygen atoms in total. The van der Waals surface area contributed by atoms with E-state index in [4.69, 9.17) is 0 Å². The highest BCUT2D eigenvalue weighted by atomic mass is 16.2. The number of carbonyl (C=O) groups excluding carboxylic acids is 2. The third kappa shape index (κ3) is 1.83. The van der Waals surface area contributed by atoms with Crippen molar-refractivity contribution in [1.82, 2.24) is 0 Å². The first-order valence-corrected chi connectivity index (χ1v) is 7.00. The van der Waals surface area contributed by atoms with Gasteiger partial charge in [0.2, 0.25) is 11.8 Å². The Morgan fingerprint density at radius 1 is 0.714 bits per heavy atom.